The van der Waals surface area contributed by atoms with Crippen molar-refractivity contribution in [3.05, 3.63) is 57.6 Å². The van der Waals surface area contributed by atoms with Gasteiger partial charge in [-0.05, 0) is 38.1 Å². The molecule has 1 aliphatic heterocycles. The normalized spacial score (nSPS) is 16.4. The first-order valence-electron chi connectivity index (χ1n) is 9.05. The molecule has 0 radical (unpaired) electrons. The molecule has 0 spiro atoms. The third kappa shape index (κ3) is 4.73. The largest absolute Gasteiger partial charge is 0.379 e. The van der Waals surface area contributed by atoms with E-state index in [0.717, 1.165) is 0 Å². The third-order valence-corrected chi connectivity index (χ3v) is 6.96. The summed E-state index contributed by atoms with van der Waals surface area (Å²) >= 11 is 12.5. The minimum atomic E-state index is -3.90. The van der Waals surface area contributed by atoms with Crippen LogP contribution in [-0.4, -0.2) is 55.5 Å². The average molecular weight is 458 g/mol. The van der Waals surface area contributed by atoms with Crippen LogP contribution in [0.2, 0.25) is 10.0 Å². The summed E-state index contributed by atoms with van der Waals surface area (Å²) in [6.45, 7) is 4.82. The number of pyridine rings is 1. The third-order valence-electron chi connectivity index (χ3n) is 4.29. The topological polar surface area (TPSA) is 81.0 Å². The molecule has 2 heterocycles. The van der Waals surface area contributed by atoms with Crippen LogP contribution >= 0.6 is 23.2 Å². The van der Waals surface area contributed by atoms with Gasteiger partial charge in [-0.1, -0.05) is 29.3 Å². The van der Waals surface area contributed by atoms with E-state index in [0.29, 0.717) is 18.7 Å². The van der Waals surface area contributed by atoms with Gasteiger partial charge in [0.25, 0.3) is 5.91 Å². The van der Waals surface area contributed by atoms with E-state index in [9.17, 15) is 13.2 Å². The fourth-order valence-electron chi connectivity index (χ4n) is 2.92. The first kappa shape index (κ1) is 22.0. The van der Waals surface area contributed by atoms with Crippen LogP contribution < -0.4 is 5.49 Å². The quantitative estimate of drug-likeness (QED) is 0.706. The van der Waals surface area contributed by atoms with Crippen molar-refractivity contribution in [3.63, 3.8) is 0 Å². The summed E-state index contributed by atoms with van der Waals surface area (Å²) in [6, 6.07) is 7.64. The molecule has 0 atom stereocenters. The van der Waals surface area contributed by atoms with Crippen molar-refractivity contribution >= 4 is 39.1 Å². The second-order valence-electron chi connectivity index (χ2n) is 6.74. The first-order chi connectivity index (χ1) is 13.7. The number of benzene rings is 1. The van der Waals surface area contributed by atoms with Gasteiger partial charge in [0.05, 0.1) is 28.8 Å². The summed E-state index contributed by atoms with van der Waals surface area (Å²) in [5.41, 5.74) is 0.468. The lowest BCUT2D eigenvalue weighted by Crippen LogP contribution is -2.40. The van der Waals surface area contributed by atoms with E-state index in [1.807, 2.05) is 13.8 Å². The maximum atomic E-state index is 13.2. The second kappa shape index (κ2) is 8.97. The van der Waals surface area contributed by atoms with Crippen LogP contribution in [0.5, 0.6) is 0 Å². The molecule has 0 saturated carbocycles. The number of sulfonamides is 1. The van der Waals surface area contributed by atoms with Crippen molar-refractivity contribution in [1.82, 2.24) is 8.87 Å². The monoisotopic (exact) mass is 457 g/mol. The van der Waals surface area contributed by atoms with Crippen molar-refractivity contribution in [1.29, 1.82) is 0 Å². The van der Waals surface area contributed by atoms with E-state index in [4.69, 9.17) is 27.9 Å². The van der Waals surface area contributed by atoms with Gasteiger partial charge < -0.3 is 4.74 Å². The molecule has 1 aromatic heterocycles. The van der Waals surface area contributed by atoms with Gasteiger partial charge in [0.2, 0.25) is 10.0 Å². The van der Waals surface area contributed by atoms with Crippen LogP contribution in [0.1, 0.15) is 24.2 Å². The van der Waals surface area contributed by atoms with Crippen LogP contribution in [0.3, 0.4) is 0 Å². The lowest BCUT2D eigenvalue weighted by molar-refractivity contribution is 0.0730. The Labute approximate surface area is 179 Å². The molecule has 2 aromatic rings. The zero-order chi connectivity index (χ0) is 21.2. The van der Waals surface area contributed by atoms with Gasteiger partial charge in [-0.2, -0.15) is 4.31 Å². The molecule has 3 rings (SSSR count). The van der Waals surface area contributed by atoms with E-state index in [2.05, 4.69) is 4.99 Å². The fraction of sp³-hybridized carbons (Fsp3) is 0.368. The van der Waals surface area contributed by atoms with Gasteiger partial charge in [-0.15, -0.1) is 0 Å². The van der Waals surface area contributed by atoms with E-state index >= 15 is 0 Å². The number of carbonyl (C=O) groups is 1. The van der Waals surface area contributed by atoms with Gasteiger partial charge in [0, 0.05) is 25.3 Å². The summed E-state index contributed by atoms with van der Waals surface area (Å²) in [5, 5.41) is 0.0240. The Balaban J connectivity index is 2.11. The highest BCUT2D eigenvalue weighted by atomic mass is 35.5. The van der Waals surface area contributed by atoms with Gasteiger partial charge in [-0.3, -0.25) is 14.4 Å². The van der Waals surface area contributed by atoms with Crippen LogP contribution in [0.25, 0.3) is 0 Å². The van der Waals surface area contributed by atoms with Crippen molar-refractivity contribution in [2.24, 2.45) is 4.99 Å². The molecule has 1 saturated heterocycles. The van der Waals surface area contributed by atoms with Gasteiger partial charge >= 0.3 is 0 Å². The number of ether oxygens (including phenoxy) is 1. The minimum absolute atomic E-state index is 0.0271. The van der Waals surface area contributed by atoms with E-state index < -0.39 is 15.9 Å². The SMILES string of the molecule is CC(C)N=c1ccccn1C(=O)c1cc(S(=O)(=O)N2CCOCC2)c(Cl)cc1Cl. The Morgan fingerprint density at radius 2 is 1.83 bits per heavy atom. The Morgan fingerprint density at radius 1 is 1.14 bits per heavy atom. The van der Waals surface area contributed by atoms with Gasteiger partial charge in [0.1, 0.15) is 10.4 Å². The van der Waals surface area contributed by atoms with Crippen molar-refractivity contribution < 1.29 is 17.9 Å². The van der Waals surface area contributed by atoms with Gasteiger partial charge in [0.15, 0.2) is 0 Å². The summed E-state index contributed by atoms with van der Waals surface area (Å²) < 4.78 is 33.9. The molecular formula is C19H21Cl2N3O4S. The number of hydrogen-bond acceptors (Lipinski definition) is 5. The zero-order valence-corrected chi connectivity index (χ0v) is 18.3. The molecule has 0 amide bonds. The fourth-order valence-corrected chi connectivity index (χ4v) is 5.16. The lowest BCUT2D eigenvalue weighted by atomic mass is 10.2. The molecule has 0 bridgehead atoms. The molecule has 1 aromatic carbocycles. The second-order valence-corrected chi connectivity index (χ2v) is 9.46. The Morgan fingerprint density at radius 3 is 2.48 bits per heavy atom. The van der Waals surface area contributed by atoms with Crippen molar-refractivity contribution in [2.45, 2.75) is 24.8 Å². The lowest BCUT2D eigenvalue weighted by Gasteiger charge is -2.26. The molecule has 7 nitrogen and oxygen atoms in total. The minimum Gasteiger partial charge on any atom is -0.379 e. The van der Waals surface area contributed by atoms with Crippen LogP contribution in [-0.2, 0) is 14.8 Å². The summed E-state index contributed by atoms with van der Waals surface area (Å²) in [6.07, 6.45) is 1.56. The smallest absolute Gasteiger partial charge is 0.265 e. The zero-order valence-electron chi connectivity index (χ0n) is 16.0. The van der Waals surface area contributed by atoms with Crippen LogP contribution in [0.4, 0.5) is 0 Å². The number of halogens is 2. The van der Waals surface area contributed by atoms with E-state index in [1.54, 1.807) is 24.4 Å². The average Bonchev–Trinajstić information content (AvgIpc) is 2.68. The number of nitrogens with zero attached hydrogens (tertiary/aromatic N) is 3. The molecule has 10 heteroatoms. The number of carbonyl (C=O) groups excluding carboxylic acids is 1. The predicted molar refractivity (Wildman–Crippen MR) is 111 cm³/mol. The summed E-state index contributed by atoms with van der Waals surface area (Å²) in [5.74, 6) is -0.495. The highest BCUT2D eigenvalue weighted by Crippen LogP contribution is 2.31. The summed E-state index contributed by atoms with van der Waals surface area (Å²) in [7, 11) is -3.90. The Bertz CT molecular complexity index is 1090. The maximum absolute atomic E-state index is 13.2. The molecule has 0 aliphatic carbocycles. The number of rotatable bonds is 4. The maximum Gasteiger partial charge on any atom is 0.265 e. The first-order valence-corrected chi connectivity index (χ1v) is 11.2. The Kier molecular flexibility index (Phi) is 6.80. The van der Waals surface area contributed by atoms with Crippen molar-refractivity contribution in [3.8, 4) is 0 Å². The van der Waals surface area contributed by atoms with E-state index in [1.165, 1.54) is 21.0 Å². The van der Waals surface area contributed by atoms with Crippen LogP contribution in [0.15, 0.2) is 46.4 Å². The Hall–Kier alpha value is -1.71. The molecule has 1 aliphatic rings. The highest BCUT2D eigenvalue weighted by Gasteiger charge is 2.30. The molecule has 1 fully saturated rings. The van der Waals surface area contributed by atoms with E-state index in [-0.39, 0.29) is 39.6 Å². The number of hydrogen-bond donors (Lipinski definition) is 0. The highest BCUT2D eigenvalue weighted by molar-refractivity contribution is 7.89. The number of morpholine rings is 1. The van der Waals surface area contributed by atoms with Crippen LogP contribution in [0, 0.1) is 0 Å². The predicted octanol–water partition coefficient (Wildman–Crippen LogP) is 2.81. The molecular weight excluding hydrogens is 437 g/mol. The van der Waals surface area contributed by atoms with Crippen molar-refractivity contribution in [2.75, 3.05) is 26.3 Å². The molecule has 0 N–H and O–H groups in total. The number of aromatic nitrogens is 1. The molecule has 29 heavy (non-hydrogen) atoms. The molecule has 156 valence electrons. The molecule has 0 unspecified atom stereocenters. The summed E-state index contributed by atoms with van der Waals surface area (Å²) in [4.78, 5) is 17.5. The van der Waals surface area contributed by atoms with Gasteiger partial charge in [-0.25, -0.2) is 8.42 Å². The standard InChI is InChI=1S/C19H21Cl2N3O4S/c1-13(2)22-18-5-3-4-6-24(18)19(25)14-11-17(16(21)12-15(14)20)29(26,27)23-7-9-28-10-8-23/h3-6,11-13H,7-10H2,1-2H3.